The van der Waals surface area contributed by atoms with Gasteiger partial charge in [0.1, 0.15) is 0 Å². The molecule has 0 saturated heterocycles. The fraction of sp³-hybridized carbons (Fsp3) is 0.143. The van der Waals surface area contributed by atoms with Gasteiger partial charge in [0.2, 0.25) is 8.11 Å². The maximum atomic E-state index is 6.58. The van der Waals surface area contributed by atoms with Gasteiger partial charge < -0.3 is 0 Å². The Bertz CT molecular complexity index is 414. The minimum Gasteiger partial charge on any atom is -0.159 e. The van der Waals surface area contributed by atoms with Crippen LogP contribution in [0.15, 0.2) is 48.5 Å². The van der Waals surface area contributed by atoms with Crippen LogP contribution in [0.1, 0.15) is 11.1 Å². The molecular formula is C14H15ClSi. The van der Waals surface area contributed by atoms with Crippen molar-refractivity contribution >= 4 is 29.6 Å². The lowest BCUT2D eigenvalue weighted by atomic mass is 10.2. The molecule has 0 atom stereocenters. The molecule has 0 aliphatic rings. The summed E-state index contributed by atoms with van der Waals surface area (Å²) < 4.78 is 0. The molecule has 82 valence electrons. The third-order valence-corrected chi connectivity index (χ3v) is 6.19. The van der Waals surface area contributed by atoms with E-state index in [1.54, 1.807) is 0 Å². The molecule has 2 heteroatoms. The van der Waals surface area contributed by atoms with Crippen LogP contribution in [0.25, 0.3) is 0 Å². The van der Waals surface area contributed by atoms with Gasteiger partial charge in [0.25, 0.3) is 0 Å². The monoisotopic (exact) mass is 246 g/mol. The molecule has 2 aromatic rings. The highest BCUT2D eigenvalue weighted by atomic mass is 35.6. The Morgan fingerprint density at radius 2 is 1.00 bits per heavy atom. The summed E-state index contributed by atoms with van der Waals surface area (Å²) in [6, 6.07) is 17.1. The molecule has 0 radical (unpaired) electrons. The van der Waals surface area contributed by atoms with Crippen molar-refractivity contribution in [2.45, 2.75) is 13.8 Å². The third kappa shape index (κ3) is 2.54. The predicted molar refractivity (Wildman–Crippen MR) is 74.6 cm³/mol. The van der Waals surface area contributed by atoms with Gasteiger partial charge in [-0.1, -0.05) is 59.7 Å². The molecule has 0 heterocycles. The molecule has 0 spiro atoms. The van der Waals surface area contributed by atoms with Crippen LogP contribution in [-0.4, -0.2) is 8.11 Å². The van der Waals surface area contributed by atoms with E-state index in [4.69, 9.17) is 11.1 Å². The van der Waals surface area contributed by atoms with Crippen molar-refractivity contribution in [1.82, 2.24) is 0 Å². The molecule has 0 saturated carbocycles. The Morgan fingerprint density at radius 3 is 1.31 bits per heavy atom. The number of aryl methyl sites for hydroxylation is 2. The first kappa shape index (κ1) is 11.4. The summed E-state index contributed by atoms with van der Waals surface area (Å²) in [4.78, 5) is 0. The van der Waals surface area contributed by atoms with Gasteiger partial charge in [-0.05, 0) is 24.2 Å². The number of halogens is 1. The third-order valence-electron chi connectivity index (χ3n) is 2.74. The first-order valence-corrected chi connectivity index (χ1v) is 8.34. The van der Waals surface area contributed by atoms with E-state index in [1.165, 1.54) is 21.5 Å². The standard InChI is InChI=1S/C14H15ClSi/c1-11-3-7-13(8-4-11)16(15)14-9-5-12(2)6-10-14/h3-10,16H,1-2H3. The second-order valence-corrected chi connectivity index (χ2v) is 7.55. The van der Waals surface area contributed by atoms with E-state index in [2.05, 4.69) is 62.4 Å². The molecule has 0 aliphatic carbocycles. The summed E-state index contributed by atoms with van der Waals surface area (Å²) in [6.07, 6.45) is 0. The SMILES string of the molecule is Cc1ccc([SiH](Cl)c2ccc(C)cc2)cc1. The second kappa shape index (κ2) is 4.85. The molecule has 0 aromatic heterocycles. The zero-order chi connectivity index (χ0) is 11.5. The maximum absolute atomic E-state index is 6.58. The lowest BCUT2D eigenvalue weighted by Crippen LogP contribution is -2.36. The molecule has 0 amide bonds. The number of hydrogen-bond donors (Lipinski definition) is 0. The molecule has 0 aliphatic heterocycles. The van der Waals surface area contributed by atoms with Crippen molar-refractivity contribution in [1.29, 1.82) is 0 Å². The minimum atomic E-state index is -1.49. The minimum absolute atomic E-state index is 1.28. The Hall–Kier alpha value is -1.05. The van der Waals surface area contributed by atoms with Crippen LogP contribution in [-0.2, 0) is 0 Å². The van der Waals surface area contributed by atoms with Crippen LogP contribution in [0.5, 0.6) is 0 Å². The van der Waals surface area contributed by atoms with E-state index in [9.17, 15) is 0 Å². The summed E-state index contributed by atoms with van der Waals surface area (Å²) in [6.45, 7) is 4.20. The fourth-order valence-corrected chi connectivity index (χ4v) is 3.98. The van der Waals surface area contributed by atoms with Crippen molar-refractivity contribution in [3.05, 3.63) is 59.7 Å². The lowest BCUT2D eigenvalue weighted by Gasteiger charge is -2.09. The molecule has 2 rings (SSSR count). The fourth-order valence-electron chi connectivity index (χ4n) is 1.66. The van der Waals surface area contributed by atoms with Gasteiger partial charge in [0.15, 0.2) is 0 Å². The summed E-state index contributed by atoms with van der Waals surface area (Å²) >= 11 is 6.58. The van der Waals surface area contributed by atoms with Crippen molar-refractivity contribution in [3.63, 3.8) is 0 Å². The summed E-state index contributed by atoms with van der Waals surface area (Å²) in [5.41, 5.74) is 2.57. The summed E-state index contributed by atoms with van der Waals surface area (Å²) in [5, 5.41) is 2.58. The predicted octanol–water partition coefficient (Wildman–Crippen LogP) is 2.38. The molecule has 0 fully saturated rings. The molecule has 0 nitrogen and oxygen atoms in total. The van der Waals surface area contributed by atoms with Crippen LogP contribution in [0.4, 0.5) is 0 Å². The molecular weight excluding hydrogens is 232 g/mol. The van der Waals surface area contributed by atoms with Gasteiger partial charge in [-0.2, -0.15) is 11.1 Å². The zero-order valence-electron chi connectivity index (χ0n) is 9.57. The highest BCUT2D eigenvalue weighted by Crippen LogP contribution is 2.00. The average Bonchev–Trinajstić information content (AvgIpc) is 2.30. The number of benzene rings is 2. The van der Waals surface area contributed by atoms with E-state index in [-0.39, 0.29) is 0 Å². The normalized spacial score (nSPS) is 10.8. The Kier molecular flexibility index (Phi) is 3.47. The molecule has 2 aromatic carbocycles. The van der Waals surface area contributed by atoms with Gasteiger partial charge in [0, 0.05) is 0 Å². The Labute approximate surface area is 103 Å². The van der Waals surface area contributed by atoms with Crippen LogP contribution >= 0.6 is 11.1 Å². The van der Waals surface area contributed by atoms with Crippen molar-refractivity contribution in [3.8, 4) is 0 Å². The van der Waals surface area contributed by atoms with E-state index >= 15 is 0 Å². The zero-order valence-corrected chi connectivity index (χ0v) is 11.5. The maximum Gasteiger partial charge on any atom is 0.201 e. The average molecular weight is 247 g/mol. The summed E-state index contributed by atoms with van der Waals surface area (Å²) in [5.74, 6) is 0. The van der Waals surface area contributed by atoms with E-state index < -0.39 is 8.11 Å². The van der Waals surface area contributed by atoms with Crippen molar-refractivity contribution in [2.75, 3.05) is 0 Å². The van der Waals surface area contributed by atoms with Gasteiger partial charge in [0.05, 0.1) is 0 Å². The second-order valence-electron chi connectivity index (χ2n) is 4.18. The Balaban J connectivity index is 2.28. The van der Waals surface area contributed by atoms with E-state index in [0.29, 0.717) is 0 Å². The highest BCUT2D eigenvalue weighted by Gasteiger charge is 2.12. The first-order valence-electron chi connectivity index (χ1n) is 5.44. The van der Waals surface area contributed by atoms with Crippen LogP contribution in [0.2, 0.25) is 0 Å². The lowest BCUT2D eigenvalue weighted by molar-refractivity contribution is 1.48. The van der Waals surface area contributed by atoms with Crippen molar-refractivity contribution in [2.24, 2.45) is 0 Å². The topological polar surface area (TPSA) is 0 Å². The molecule has 0 bridgehead atoms. The molecule has 0 unspecified atom stereocenters. The van der Waals surface area contributed by atoms with E-state index in [0.717, 1.165) is 0 Å². The molecule has 16 heavy (non-hydrogen) atoms. The Morgan fingerprint density at radius 1 is 0.688 bits per heavy atom. The smallest absolute Gasteiger partial charge is 0.159 e. The van der Waals surface area contributed by atoms with Gasteiger partial charge in [-0.3, -0.25) is 0 Å². The van der Waals surface area contributed by atoms with Crippen LogP contribution in [0, 0.1) is 13.8 Å². The van der Waals surface area contributed by atoms with Gasteiger partial charge in [-0.15, -0.1) is 0 Å². The van der Waals surface area contributed by atoms with Gasteiger partial charge in [-0.25, -0.2) is 0 Å². The highest BCUT2D eigenvalue weighted by molar-refractivity contribution is 7.21. The van der Waals surface area contributed by atoms with Crippen LogP contribution in [0.3, 0.4) is 0 Å². The van der Waals surface area contributed by atoms with Crippen LogP contribution < -0.4 is 10.4 Å². The first-order chi connectivity index (χ1) is 7.66. The number of rotatable bonds is 2. The van der Waals surface area contributed by atoms with Gasteiger partial charge >= 0.3 is 0 Å². The van der Waals surface area contributed by atoms with E-state index in [1.807, 2.05) is 0 Å². The summed E-state index contributed by atoms with van der Waals surface area (Å²) in [7, 11) is -1.49. The number of hydrogen-bond acceptors (Lipinski definition) is 0. The quantitative estimate of drug-likeness (QED) is 0.564. The molecule has 0 N–H and O–H groups in total. The van der Waals surface area contributed by atoms with Crippen molar-refractivity contribution < 1.29 is 0 Å². The largest absolute Gasteiger partial charge is 0.201 e.